The summed E-state index contributed by atoms with van der Waals surface area (Å²) >= 11 is 0. The van der Waals surface area contributed by atoms with Gasteiger partial charge in [-0.2, -0.15) is 0 Å². The number of benzene rings is 11. The minimum absolute atomic E-state index is 0.190. The zero-order valence-corrected chi connectivity index (χ0v) is 39.2. The molecule has 11 aromatic carbocycles. The van der Waals surface area contributed by atoms with Crippen molar-refractivity contribution in [3.05, 3.63) is 247 Å². The van der Waals surface area contributed by atoms with E-state index in [2.05, 4.69) is 218 Å². The summed E-state index contributed by atoms with van der Waals surface area (Å²) < 4.78 is 13.1. The first-order valence-corrected chi connectivity index (χ1v) is 24.4. The van der Waals surface area contributed by atoms with E-state index in [-0.39, 0.29) is 5.41 Å². The van der Waals surface area contributed by atoms with Crippen LogP contribution in [0, 0.1) is 0 Å². The molecule has 2 heterocycles. The van der Waals surface area contributed by atoms with Gasteiger partial charge in [0.2, 0.25) is 0 Å². The fourth-order valence-corrected chi connectivity index (χ4v) is 12.4. The van der Waals surface area contributed by atoms with Crippen molar-refractivity contribution in [1.29, 1.82) is 0 Å². The topological polar surface area (TPSA) is 24.9 Å². The van der Waals surface area contributed by atoms with E-state index in [0.29, 0.717) is 0 Å². The fraction of sp³-hybridized carbons (Fsp3) is 0.0448. The number of rotatable bonds is 4. The first kappa shape index (κ1) is 39.8. The van der Waals surface area contributed by atoms with Crippen molar-refractivity contribution in [2.24, 2.45) is 0 Å². The third kappa shape index (κ3) is 5.56. The van der Waals surface area contributed by atoms with Gasteiger partial charge in [0.1, 0.15) is 0 Å². The lowest BCUT2D eigenvalue weighted by atomic mass is 9.80. The first-order valence-electron chi connectivity index (χ1n) is 24.4. The summed E-state index contributed by atoms with van der Waals surface area (Å²) in [6.45, 7) is 9.44. The molecule has 0 unspecified atom stereocenters. The maximum Gasteiger partial charge on any atom is 0.151 e. The first-order chi connectivity index (χ1) is 34.9. The van der Waals surface area contributed by atoms with Crippen LogP contribution in [0.5, 0.6) is 23.0 Å². The third-order valence-corrected chi connectivity index (χ3v) is 15.5. The van der Waals surface area contributed by atoms with Crippen molar-refractivity contribution in [2.45, 2.75) is 19.3 Å². The Labute approximate surface area is 412 Å². The van der Waals surface area contributed by atoms with Crippen LogP contribution in [-0.2, 0) is 5.41 Å². The minimum atomic E-state index is -0.190. The van der Waals surface area contributed by atoms with Crippen LogP contribution in [0.25, 0.3) is 71.6 Å². The summed E-state index contributed by atoms with van der Waals surface area (Å²) in [4.78, 5) is 4.73. The van der Waals surface area contributed by atoms with Gasteiger partial charge in [0.15, 0.2) is 23.0 Å². The normalized spacial score (nSPS) is 14.1. The molecule has 4 nitrogen and oxygen atoms in total. The van der Waals surface area contributed by atoms with Crippen molar-refractivity contribution < 1.29 is 9.47 Å². The number of hydrogen-bond donors (Lipinski definition) is 0. The van der Waals surface area contributed by atoms with Crippen LogP contribution < -0.4 is 19.3 Å². The molecule has 0 bridgehead atoms. The van der Waals surface area contributed by atoms with Gasteiger partial charge in [-0.3, -0.25) is 0 Å². The molecular weight excluding hydrogens is 865 g/mol. The van der Waals surface area contributed by atoms with Crippen molar-refractivity contribution in [1.82, 2.24) is 0 Å². The van der Waals surface area contributed by atoms with Gasteiger partial charge in [-0.15, -0.1) is 0 Å². The molecule has 0 amide bonds. The average Bonchev–Trinajstić information content (AvgIpc) is 3.85. The van der Waals surface area contributed by atoms with Gasteiger partial charge < -0.3 is 19.3 Å². The van der Waals surface area contributed by atoms with Gasteiger partial charge >= 0.3 is 0 Å². The Morgan fingerprint density at radius 3 is 1.25 bits per heavy atom. The zero-order valence-electron chi connectivity index (χ0n) is 39.2. The number of nitrogens with zero attached hydrogens (tertiary/aromatic N) is 2. The predicted octanol–water partition coefficient (Wildman–Crippen LogP) is 18.8. The van der Waals surface area contributed by atoms with Crippen LogP contribution in [0.15, 0.2) is 225 Å². The van der Waals surface area contributed by atoms with Crippen molar-refractivity contribution in [2.75, 3.05) is 9.80 Å². The highest BCUT2D eigenvalue weighted by molar-refractivity contribution is 6.26. The molecule has 0 saturated carbocycles. The molecule has 334 valence electrons. The molecule has 4 aliphatic rings. The highest BCUT2D eigenvalue weighted by Crippen LogP contribution is 2.59. The molecular formula is C67H44N2O2. The van der Waals surface area contributed by atoms with Gasteiger partial charge in [0, 0.05) is 16.8 Å². The molecule has 0 aromatic heterocycles. The van der Waals surface area contributed by atoms with E-state index < -0.39 is 0 Å². The second-order valence-electron chi connectivity index (χ2n) is 19.6. The van der Waals surface area contributed by atoms with Gasteiger partial charge in [-0.25, -0.2) is 0 Å². The van der Waals surface area contributed by atoms with E-state index >= 15 is 0 Å². The van der Waals surface area contributed by atoms with Crippen molar-refractivity contribution >= 4 is 61.2 Å². The average molecular weight is 909 g/mol. The summed E-state index contributed by atoms with van der Waals surface area (Å²) in [6.07, 6.45) is 0. The zero-order chi connectivity index (χ0) is 47.1. The van der Waals surface area contributed by atoms with Crippen LogP contribution in [0.4, 0.5) is 34.1 Å². The minimum Gasteiger partial charge on any atom is -0.453 e. The Morgan fingerprint density at radius 2 is 0.718 bits per heavy atom. The van der Waals surface area contributed by atoms with E-state index in [0.717, 1.165) is 73.5 Å². The van der Waals surface area contributed by atoms with Crippen molar-refractivity contribution in [3.8, 4) is 67.5 Å². The summed E-state index contributed by atoms with van der Waals surface area (Å²) in [5.41, 5.74) is 21.7. The van der Waals surface area contributed by atoms with E-state index in [4.69, 9.17) is 16.1 Å². The van der Waals surface area contributed by atoms with Crippen LogP contribution in [0.3, 0.4) is 0 Å². The van der Waals surface area contributed by atoms with Crippen molar-refractivity contribution in [3.63, 3.8) is 0 Å². The van der Waals surface area contributed by atoms with Crippen LogP contribution in [-0.4, -0.2) is 0 Å². The monoisotopic (exact) mass is 908 g/mol. The Balaban J connectivity index is 1.11. The molecule has 0 fully saturated rings. The second-order valence-corrected chi connectivity index (χ2v) is 19.6. The largest absolute Gasteiger partial charge is 0.453 e. The summed E-state index contributed by atoms with van der Waals surface area (Å²) in [7, 11) is 0. The molecule has 0 radical (unpaired) electrons. The van der Waals surface area contributed by atoms with Crippen LogP contribution >= 0.6 is 0 Å². The Bertz CT molecular complexity index is 4050. The molecule has 71 heavy (non-hydrogen) atoms. The highest BCUT2D eigenvalue weighted by Gasteiger charge is 2.38. The predicted molar refractivity (Wildman–Crippen MR) is 293 cm³/mol. The van der Waals surface area contributed by atoms with E-state index in [1.54, 1.807) is 0 Å². The number of fused-ring (bicyclic) bond motifs is 12. The Morgan fingerprint density at radius 1 is 0.324 bits per heavy atom. The lowest BCUT2D eigenvalue weighted by Crippen LogP contribution is -2.16. The number of anilines is 6. The van der Waals surface area contributed by atoms with Crippen LogP contribution in [0.2, 0.25) is 0 Å². The Kier molecular flexibility index (Phi) is 8.24. The molecule has 0 atom stereocenters. The molecule has 2 aliphatic carbocycles. The van der Waals surface area contributed by atoms with E-state index in [9.17, 15) is 0 Å². The van der Waals surface area contributed by atoms with Gasteiger partial charge in [-0.05, 0) is 167 Å². The molecule has 11 aromatic rings. The lowest BCUT2D eigenvalue weighted by molar-refractivity contribution is 0.477. The van der Waals surface area contributed by atoms with Crippen LogP contribution in [0.1, 0.15) is 36.1 Å². The van der Waals surface area contributed by atoms with Gasteiger partial charge in [0.25, 0.3) is 0 Å². The standard InChI is InChI=1S/C67H44N2O2/c1-40-43-18-4-5-19-45(43)63-44(40)21-16-22-49(63)64-46-36-34-42(69-57-28-10-14-32-61(57)71-62-33-15-11-29-58(62)69)39-52(46)65(50-23-17-25-54-66(50)48-20-6-7-24-53(48)67(54,2)3)47-37-35-41(38-51(47)64)68-55-26-8-12-30-59(55)70-60-31-13-9-27-56(60)68/h4-39H,1H2,2-3H3. The third-order valence-electron chi connectivity index (χ3n) is 15.5. The molecule has 0 spiro atoms. The number of ether oxygens (including phenoxy) is 2. The highest BCUT2D eigenvalue weighted by atomic mass is 16.5. The lowest BCUT2D eigenvalue weighted by Gasteiger charge is -2.34. The number of hydrogen-bond acceptors (Lipinski definition) is 4. The summed E-state index contributed by atoms with van der Waals surface area (Å²) in [6, 6.07) is 79.2. The second kappa shape index (κ2) is 14.7. The maximum absolute atomic E-state index is 6.57. The van der Waals surface area contributed by atoms with E-state index in [1.165, 1.54) is 77.5 Å². The van der Waals surface area contributed by atoms with E-state index in [1.807, 2.05) is 24.3 Å². The summed E-state index contributed by atoms with van der Waals surface area (Å²) in [5.74, 6) is 3.29. The van der Waals surface area contributed by atoms with Gasteiger partial charge in [0.05, 0.1) is 22.7 Å². The molecule has 0 N–H and O–H groups in total. The fourth-order valence-electron chi connectivity index (χ4n) is 12.4. The van der Waals surface area contributed by atoms with Gasteiger partial charge in [-0.1, -0.05) is 166 Å². The number of para-hydroxylation sites is 8. The molecule has 2 aliphatic heterocycles. The molecule has 4 heteroatoms. The summed E-state index contributed by atoms with van der Waals surface area (Å²) in [5, 5.41) is 4.66. The SMILES string of the molecule is C=C1c2ccccc2-c2c1cccc2-c1c2cc(N3c4ccccc4Oc4ccccc43)ccc2c(-c2cccc3c2-c2ccccc2C3(C)C)c2cc(N3c4ccccc4Oc4ccccc43)ccc12. The smallest absolute Gasteiger partial charge is 0.151 e. The molecule has 0 saturated heterocycles. The maximum atomic E-state index is 6.57. The quantitative estimate of drug-likeness (QED) is 0.164. The molecule has 15 rings (SSSR count). The Hall–Kier alpha value is -9.12.